The van der Waals surface area contributed by atoms with Crippen molar-refractivity contribution in [2.75, 3.05) is 17.6 Å². The van der Waals surface area contributed by atoms with Gasteiger partial charge in [-0.15, -0.1) is 0 Å². The van der Waals surface area contributed by atoms with Crippen LogP contribution in [0, 0.1) is 5.82 Å². The number of imidazole rings is 1. The summed E-state index contributed by atoms with van der Waals surface area (Å²) in [6.45, 7) is 2.75. The SMILES string of the molecule is CCCS(=O)(=O)Nc1cc(-c2cnc3cc(OC)c(S(=O)(=O)C(C)(C)C)cn23)cc(F)c1OC(F)F. The molecule has 0 spiro atoms. The Morgan fingerprint density at radius 3 is 2.36 bits per heavy atom. The molecule has 3 aromatic rings. The van der Waals surface area contributed by atoms with Crippen molar-refractivity contribution in [3.63, 3.8) is 0 Å². The van der Waals surface area contributed by atoms with Crippen LogP contribution in [0.25, 0.3) is 16.9 Å². The summed E-state index contributed by atoms with van der Waals surface area (Å²) >= 11 is 0. The topological polar surface area (TPSA) is 116 Å². The summed E-state index contributed by atoms with van der Waals surface area (Å²) in [6, 6.07) is 3.36. The van der Waals surface area contributed by atoms with Crippen LogP contribution in [-0.2, 0) is 19.9 Å². The lowest BCUT2D eigenvalue weighted by atomic mass is 10.1. The molecular formula is C22H26F3N3O6S2. The molecule has 0 bridgehead atoms. The molecule has 0 radical (unpaired) electrons. The Morgan fingerprint density at radius 1 is 1.14 bits per heavy atom. The standard InChI is InChI=1S/C22H26F3N3O6S2/c1-6-7-35(29,30)27-15-9-13(8-14(23)20(15)34-21(24)25)16-11-26-19-10-17(33-5)18(12-28(16)19)36(31,32)22(2,3)4/h8-12,21,27H,6-7H2,1-5H3. The van der Waals surface area contributed by atoms with Crippen molar-refractivity contribution in [1.82, 2.24) is 9.38 Å². The molecule has 0 unspecified atom stereocenters. The second-order valence-corrected chi connectivity index (χ2v) is 13.3. The third-order valence-corrected chi connectivity index (χ3v) is 9.15. The fraction of sp³-hybridized carbons (Fsp3) is 0.409. The highest BCUT2D eigenvalue weighted by Gasteiger charge is 2.34. The number of sulfonamides is 1. The molecule has 1 N–H and O–H groups in total. The number of rotatable bonds is 9. The first-order valence-corrected chi connectivity index (χ1v) is 13.8. The number of sulfone groups is 1. The first kappa shape index (κ1) is 27.6. The highest BCUT2D eigenvalue weighted by Crippen LogP contribution is 2.38. The number of anilines is 1. The van der Waals surface area contributed by atoms with Crippen LogP contribution in [0.2, 0.25) is 0 Å². The lowest BCUT2D eigenvalue weighted by Gasteiger charge is -2.21. The van der Waals surface area contributed by atoms with Gasteiger partial charge >= 0.3 is 6.61 Å². The number of nitrogens with one attached hydrogen (secondary N) is 1. The molecule has 14 heteroatoms. The van der Waals surface area contributed by atoms with Crippen molar-refractivity contribution in [2.45, 2.75) is 50.4 Å². The summed E-state index contributed by atoms with van der Waals surface area (Å²) in [7, 11) is -6.59. The van der Waals surface area contributed by atoms with E-state index in [1.165, 1.54) is 50.7 Å². The molecule has 0 atom stereocenters. The lowest BCUT2D eigenvalue weighted by Crippen LogP contribution is -2.28. The summed E-state index contributed by atoms with van der Waals surface area (Å²) in [4.78, 5) is 4.05. The van der Waals surface area contributed by atoms with E-state index < -0.39 is 48.5 Å². The van der Waals surface area contributed by atoms with Gasteiger partial charge in [0.1, 0.15) is 16.3 Å². The van der Waals surface area contributed by atoms with Gasteiger partial charge in [0.2, 0.25) is 10.0 Å². The average molecular weight is 550 g/mol. The van der Waals surface area contributed by atoms with Gasteiger partial charge in [0.25, 0.3) is 0 Å². The smallest absolute Gasteiger partial charge is 0.387 e. The number of pyridine rings is 1. The molecule has 0 aliphatic carbocycles. The normalized spacial score (nSPS) is 12.8. The fourth-order valence-electron chi connectivity index (χ4n) is 3.40. The van der Waals surface area contributed by atoms with Crippen LogP contribution in [0.15, 0.2) is 35.5 Å². The van der Waals surface area contributed by atoms with E-state index in [2.05, 4.69) is 14.4 Å². The minimum Gasteiger partial charge on any atom is -0.495 e. The summed E-state index contributed by atoms with van der Waals surface area (Å²) in [5, 5.41) is 0. The van der Waals surface area contributed by atoms with Gasteiger partial charge in [-0.2, -0.15) is 8.78 Å². The zero-order valence-electron chi connectivity index (χ0n) is 20.2. The van der Waals surface area contributed by atoms with Gasteiger partial charge in [0, 0.05) is 17.8 Å². The van der Waals surface area contributed by atoms with E-state index in [1.807, 2.05) is 0 Å². The molecule has 2 aromatic heterocycles. The molecule has 36 heavy (non-hydrogen) atoms. The number of alkyl halides is 2. The summed E-state index contributed by atoms with van der Waals surface area (Å²) in [5.41, 5.74) is -0.0996. The number of nitrogens with zero attached hydrogens (tertiary/aromatic N) is 2. The van der Waals surface area contributed by atoms with Crippen LogP contribution < -0.4 is 14.2 Å². The molecule has 1 aromatic carbocycles. The van der Waals surface area contributed by atoms with E-state index in [4.69, 9.17) is 4.74 Å². The molecule has 0 fully saturated rings. The lowest BCUT2D eigenvalue weighted by molar-refractivity contribution is -0.0516. The van der Waals surface area contributed by atoms with Gasteiger partial charge in [0.05, 0.1) is 35.2 Å². The monoisotopic (exact) mass is 549 g/mol. The predicted molar refractivity (Wildman–Crippen MR) is 128 cm³/mol. The third kappa shape index (κ3) is 5.38. The molecule has 0 aliphatic heterocycles. The van der Waals surface area contributed by atoms with Crippen LogP contribution in [0.3, 0.4) is 0 Å². The van der Waals surface area contributed by atoms with Crippen molar-refractivity contribution >= 4 is 31.2 Å². The van der Waals surface area contributed by atoms with Crippen molar-refractivity contribution in [1.29, 1.82) is 0 Å². The second-order valence-electron chi connectivity index (χ2n) is 8.83. The number of hydrogen-bond donors (Lipinski definition) is 1. The molecule has 9 nitrogen and oxygen atoms in total. The maximum Gasteiger partial charge on any atom is 0.387 e. The van der Waals surface area contributed by atoms with E-state index in [0.29, 0.717) is 0 Å². The Labute approximate surface area is 207 Å². The van der Waals surface area contributed by atoms with Crippen molar-refractivity contribution in [3.05, 3.63) is 36.4 Å². The molecule has 0 aliphatic rings. The number of aromatic nitrogens is 2. The van der Waals surface area contributed by atoms with E-state index in [-0.39, 0.29) is 39.7 Å². The second kappa shape index (κ2) is 9.81. The molecular weight excluding hydrogens is 523 g/mol. The summed E-state index contributed by atoms with van der Waals surface area (Å²) < 4.78 is 104. The van der Waals surface area contributed by atoms with Gasteiger partial charge in [-0.25, -0.2) is 26.2 Å². The maximum absolute atomic E-state index is 14.9. The Morgan fingerprint density at radius 2 is 1.81 bits per heavy atom. The molecule has 0 saturated carbocycles. The highest BCUT2D eigenvalue weighted by atomic mass is 32.2. The van der Waals surface area contributed by atoms with Gasteiger partial charge in [-0.3, -0.25) is 9.12 Å². The first-order valence-electron chi connectivity index (χ1n) is 10.7. The van der Waals surface area contributed by atoms with E-state index in [9.17, 15) is 30.0 Å². The summed E-state index contributed by atoms with van der Waals surface area (Å²) in [6.07, 6.45) is 2.79. The largest absolute Gasteiger partial charge is 0.495 e. The van der Waals surface area contributed by atoms with Crippen molar-refractivity contribution < 1.29 is 39.5 Å². The number of fused-ring (bicyclic) bond motifs is 1. The third-order valence-electron chi connectivity index (χ3n) is 5.18. The van der Waals surface area contributed by atoms with Gasteiger partial charge in [-0.05, 0) is 39.3 Å². The Bertz CT molecular complexity index is 1500. The van der Waals surface area contributed by atoms with Gasteiger partial charge in [-0.1, -0.05) is 6.92 Å². The molecule has 0 saturated heterocycles. The highest BCUT2D eigenvalue weighted by molar-refractivity contribution is 7.93. The first-order chi connectivity index (χ1) is 16.6. The number of hydrogen-bond acceptors (Lipinski definition) is 7. The Hall–Kier alpha value is -3.00. The zero-order valence-corrected chi connectivity index (χ0v) is 21.8. The Balaban J connectivity index is 2.27. The summed E-state index contributed by atoms with van der Waals surface area (Å²) in [5.74, 6) is -2.52. The Kier molecular flexibility index (Phi) is 7.51. The van der Waals surface area contributed by atoms with Crippen LogP contribution >= 0.6 is 0 Å². The van der Waals surface area contributed by atoms with Gasteiger partial charge < -0.3 is 9.47 Å². The molecule has 2 heterocycles. The molecule has 3 rings (SSSR count). The van der Waals surface area contributed by atoms with Gasteiger partial charge in [0.15, 0.2) is 21.4 Å². The number of ether oxygens (including phenoxy) is 2. The van der Waals surface area contributed by atoms with E-state index >= 15 is 0 Å². The molecule has 198 valence electrons. The number of halogens is 3. The van der Waals surface area contributed by atoms with Crippen LogP contribution in [0.1, 0.15) is 34.1 Å². The number of methoxy groups -OCH3 is 1. The molecule has 0 amide bonds. The fourth-order valence-corrected chi connectivity index (χ4v) is 5.84. The van der Waals surface area contributed by atoms with Crippen LogP contribution in [0.5, 0.6) is 11.5 Å². The van der Waals surface area contributed by atoms with Crippen LogP contribution in [0.4, 0.5) is 18.9 Å². The van der Waals surface area contributed by atoms with Crippen LogP contribution in [-0.4, -0.2) is 50.4 Å². The average Bonchev–Trinajstić information content (AvgIpc) is 3.16. The van der Waals surface area contributed by atoms with E-state index in [0.717, 1.165) is 12.1 Å². The number of benzene rings is 1. The zero-order chi connectivity index (χ0) is 27.1. The minimum absolute atomic E-state index is 0.0279. The van der Waals surface area contributed by atoms with Crippen molar-refractivity contribution in [3.8, 4) is 22.8 Å². The van der Waals surface area contributed by atoms with E-state index in [1.54, 1.807) is 6.92 Å². The predicted octanol–water partition coefficient (Wildman–Crippen LogP) is 4.47. The minimum atomic E-state index is -4.00. The maximum atomic E-state index is 14.9. The van der Waals surface area contributed by atoms with Crippen molar-refractivity contribution in [2.24, 2.45) is 0 Å². The quantitative estimate of drug-likeness (QED) is 0.419.